The molecule has 12 nitrogen and oxygen atoms in total. The number of nitrogens with one attached hydrogen (secondary N) is 1. The normalized spacial score (nSPS) is 22.2. The maximum atomic E-state index is 12.7. The maximum absolute atomic E-state index is 12.7. The van der Waals surface area contributed by atoms with Gasteiger partial charge in [0, 0.05) is 37.1 Å². The highest BCUT2D eigenvalue weighted by Crippen LogP contribution is 2.38. The van der Waals surface area contributed by atoms with Gasteiger partial charge in [-0.2, -0.15) is 0 Å². The van der Waals surface area contributed by atoms with Crippen LogP contribution in [0.15, 0.2) is 33.8 Å². The molecule has 1 aliphatic carbocycles. The highest BCUT2D eigenvalue weighted by atomic mass is 35.5. The van der Waals surface area contributed by atoms with E-state index in [0.717, 1.165) is 18.4 Å². The van der Waals surface area contributed by atoms with Crippen LogP contribution in [-0.4, -0.2) is 72.4 Å². The van der Waals surface area contributed by atoms with E-state index in [4.69, 9.17) is 37.3 Å². The average molecular weight is 619 g/mol. The van der Waals surface area contributed by atoms with E-state index < -0.39 is 11.8 Å². The fourth-order valence-electron chi connectivity index (χ4n) is 6.41. The zero-order valence-electron chi connectivity index (χ0n) is 25.0. The Morgan fingerprint density at radius 3 is 2.66 bits per heavy atom. The van der Waals surface area contributed by atoms with E-state index in [9.17, 15) is 9.59 Å². The lowest BCUT2D eigenvalue weighted by molar-refractivity contribution is 0.0963. The maximum Gasteiger partial charge on any atom is 0.439 e. The molecule has 1 saturated carbocycles. The van der Waals surface area contributed by atoms with Crippen molar-refractivity contribution >= 4 is 34.7 Å². The first-order valence-corrected chi connectivity index (χ1v) is 15.4. The summed E-state index contributed by atoms with van der Waals surface area (Å²) in [6.07, 6.45) is 13.5. The molecule has 6 rings (SSSR count). The van der Waals surface area contributed by atoms with Gasteiger partial charge in [0.05, 0.1) is 34.9 Å². The number of nitrogens with zero attached hydrogens (tertiary/aromatic N) is 7. The Balaban J connectivity index is 1.55. The third-order valence-corrected chi connectivity index (χ3v) is 8.79. The summed E-state index contributed by atoms with van der Waals surface area (Å²) in [7, 11) is 0. The quantitative estimate of drug-likeness (QED) is 0.297. The molecule has 44 heavy (non-hydrogen) atoms. The molecule has 1 N–H and O–H groups in total. The molecular weight excluding hydrogens is 584 g/mol. The van der Waals surface area contributed by atoms with Crippen molar-refractivity contribution in [2.45, 2.75) is 65.1 Å². The van der Waals surface area contributed by atoms with Crippen molar-refractivity contribution in [2.24, 2.45) is 11.8 Å². The summed E-state index contributed by atoms with van der Waals surface area (Å²) in [5, 5.41) is 4.33. The van der Waals surface area contributed by atoms with Crippen molar-refractivity contribution in [1.82, 2.24) is 34.6 Å². The molecular formula is C31H35ClN8O4. The minimum Gasteiger partial charge on any atom is -0.450 e. The van der Waals surface area contributed by atoms with Crippen molar-refractivity contribution < 1.29 is 14.1 Å². The minimum absolute atomic E-state index is 0.160. The fraction of sp³-hybridized carbons (Fsp3) is 0.484. The topological polar surface area (TPSA) is 135 Å². The Labute approximate surface area is 259 Å². The first-order valence-electron chi connectivity index (χ1n) is 15.0. The summed E-state index contributed by atoms with van der Waals surface area (Å²) in [5.41, 5.74) is 3.11. The van der Waals surface area contributed by atoms with Gasteiger partial charge in [0.2, 0.25) is 11.8 Å². The summed E-state index contributed by atoms with van der Waals surface area (Å²) in [4.78, 5) is 45.4. The van der Waals surface area contributed by atoms with Crippen molar-refractivity contribution in [3.8, 4) is 35.1 Å². The van der Waals surface area contributed by atoms with E-state index in [0.29, 0.717) is 64.9 Å². The zero-order chi connectivity index (χ0) is 31.0. The summed E-state index contributed by atoms with van der Waals surface area (Å²) in [6.45, 7) is 7.86. The second-order valence-corrected chi connectivity index (χ2v) is 12.2. The minimum atomic E-state index is -0.684. The third-order valence-electron chi connectivity index (χ3n) is 8.58. The van der Waals surface area contributed by atoms with Gasteiger partial charge in [0.25, 0.3) is 0 Å². The molecule has 4 aromatic rings. The molecule has 230 valence electrons. The van der Waals surface area contributed by atoms with Gasteiger partial charge in [-0.1, -0.05) is 42.4 Å². The van der Waals surface area contributed by atoms with E-state index in [-0.39, 0.29) is 24.6 Å². The summed E-state index contributed by atoms with van der Waals surface area (Å²) in [5.74, 6) is 4.23. The number of carbonyl (C=O) groups is 1. The molecule has 0 aromatic carbocycles. The smallest absolute Gasteiger partial charge is 0.439 e. The Morgan fingerprint density at radius 2 is 1.98 bits per heavy atom. The van der Waals surface area contributed by atoms with Gasteiger partial charge in [-0.3, -0.25) is 14.5 Å². The van der Waals surface area contributed by atoms with Gasteiger partial charge >= 0.3 is 11.8 Å². The molecule has 1 amide bonds. The van der Waals surface area contributed by atoms with Crippen molar-refractivity contribution in [3.63, 3.8) is 0 Å². The molecule has 4 aromatic heterocycles. The average Bonchev–Trinajstić information content (AvgIpc) is 3.60. The van der Waals surface area contributed by atoms with Gasteiger partial charge in [0.15, 0.2) is 0 Å². The van der Waals surface area contributed by atoms with Crippen LogP contribution in [-0.2, 0) is 11.3 Å². The number of pyridine rings is 2. The van der Waals surface area contributed by atoms with Crippen LogP contribution in [0, 0.1) is 24.2 Å². The number of ether oxygens (including phenoxy) is 1. The number of H-pyrrole nitrogens is 1. The first-order chi connectivity index (χ1) is 21.2. The number of imidazole rings is 1. The molecule has 1 aliphatic heterocycles. The number of aromatic amines is 1. The number of hydrogen-bond donors (Lipinski definition) is 1. The molecule has 1 saturated heterocycles. The Hall–Kier alpha value is -4.37. The standard InChI is InChI=1S/C31H35ClN8O4/c1-5-23-17-38(31(42)43-6-2)15-19(4)40(23)29-35-24-12-25(28-36-30(41)44-37-28)34-26(21-11-22(32)14-33-13-21)27(24)39(29)16-20-9-7-18(3)8-10-20/h1,11-14,18-20,23H,6-10,15-17H2,2-4H3,(H,36,37,41)/t18?,19-,20?,23-/m1/s1. The zero-order valence-corrected chi connectivity index (χ0v) is 25.8. The number of piperazine rings is 1. The van der Waals surface area contributed by atoms with Crippen LogP contribution >= 0.6 is 11.6 Å². The number of fused-ring (bicyclic) bond motifs is 1. The lowest BCUT2D eigenvalue weighted by Crippen LogP contribution is -2.59. The van der Waals surface area contributed by atoms with E-state index in [2.05, 4.69) is 37.4 Å². The second kappa shape index (κ2) is 12.3. The van der Waals surface area contributed by atoms with Gasteiger partial charge in [-0.15, -0.1) is 6.42 Å². The van der Waals surface area contributed by atoms with Crippen LogP contribution in [0.4, 0.5) is 10.7 Å². The Morgan fingerprint density at radius 1 is 1.18 bits per heavy atom. The van der Waals surface area contributed by atoms with Crippen LogP contribution in [0.3, 0.4) is 0 Å². The number of amides is 1. The van der Waals surface area contributed by atoms with Crippen LogP contribution in [0.5, 0.6) is 0 Å². The van der Waals surface area contributed by atoms with E-state index in [1.54, 1.807) is 36.4 Å². The van der Waals surface area contributed by atoms with Crippen LogP contribution in [0.1, 0.15) is 46.5 Å². The molecule has 0 radical (unpaired) electrons. The number of terminal acetylenes is 1. The van der Waals surface area contributed by atoms with Crippen LogP contribution in [0.25, 0.3) is 33.8 Å². The number of rotatable bonds is 6. The monoisotopic (exact) mass is 618 g/mol. The van der Waals surface area contributed by atoms with Gasteiger partial charge < -0.3 is 19.1 Å². The predicted octanol–water partition coefficient (Wildman–Crippen LogP) is 4.99. The first kappa shape index (κ1) is 29.7. The van der Waals surface area contributed by atoms with E-state index in [1.807, 2.05) is 6.92 Å². The summed E-state index contributed by atoms with van der Waals surface area (Å²) >= 11 is 6.40. The Kier molecular flexibility index (Phi) is 8.31. The van der Waals surface area contributed by atoms with Crippen molar-refractivity contribution in [2.75, 3.05) is 24.6 Å². The number of hydrogen-bond acceptors (Lipinski definition) is 9. The van der Waals surface area contributed by atoms with Gasteiger partial charge in [0.1, 0.15) is 11.7 Å². The van der Waals surface area contributed by atoms with Crippen molar-refractivity contribution in [1.29, 1.82) is 0 Å². The number of carbonyl (C=O) groups excluding carboxylic acids is 1. The Bertz CT molecular complexity index is 1770. The highest BCUT2D eigenvalue weighted by Gasteiger charge is 2.38. The molecule has 0 unspecified atom stereocenters. The van der Waals surface area contributed by atoms with Crippen LogP contribution < -0.4 is 10.7 Å². The lowest BCUT2D eigenvalue weighted by Gasteiger charge is -2.44. The fourth-order valence-corrected chi connectivity index (χ4v) is 6.58. The molecule has 2 aliphatic rings. The molecule has 5 heterocycles. The van der Waals surface area contributed by atoms with E-state index in [1.165, 1.54) is 12.8 Å². The molecule has 2 fully saturated rings. The SMILES string of the molecule is C#C[C@@H]1CN(C(=O)OCC)C[C@@H](C)N1c1nc2cc(-c3noc(=O)[nH]3)nc(-c3cncc(Cl)c3)c2n1CC1CCC(C)CC1. The molecule has 0 bridgehead atoms. The number of aromatic nitrogens is 6. The van der Waals surface area contributed by atoms with Crippen LogP contribution in [0.2, 0.25) is 5.02 Å². The lowest BCUT2D eigenvalue weighted by atomic mass is 9.83. The van der Waals surface area contributed by atoms with Crippen molar-refractivity contribution in [3.05, 3.63) is 40.1 Å². The molecule has 13 heteroatoms. The largest absolute Gasteiger partial charge is 0.450 e. The molecule has 0 spiro atoms. The third kappa shape index (κ3) is 5.76. The van der Waals surface area contributed by atoms with E-state index >= 15 is 0 Å². The number of halogens is 1. The summed E-state index contributed by atoms with van der Waals surface area (Å²) in [6, 6.07) is 2.99. The second-order valence-electron chi connectivity index (χ2n) is 11.8. The summed E-state index contributed by atoms with van der Waals surface area (Å²) < 4.78 is 12.3. The molecule has 2 atom stereocenters. The van der Waals surface area contributed by atoms with Gasteiger partial charge in [-0.05, 0) is 50.7 Å². The predicted molar refractivity (Wildman–Crippen MR) is 166 cm³/mol. The van der Waals surface area contributed by atoms with Gasteiger partial charge in [-0.25, -0.2) is 19.6 Å². The number of anilines is 1. The highest BCUT2D eigenvalue weighted by molar-refractivity contribution is 6.30.